The van der Waals surface area contributed by atoms with Crippen LogP contribution in [0.15, 0.2) is 6.07 Å². The number of carbonyl (C=O) groups excluding carboxylic acids is 1. The average molecular weight is 292 g/mol. The number of nitrogens with one attached hydrogen (secondary N) is 2. The SMILES string of the molecule is CC1(CNC(=O)c2cc3c(s2)CCCC3)CCNCC1. The molecule has 0 spiro atoms. The second-order valence-electron chi connectivity index (χ2n) is 6.51. The molecule has 1 amide bonds. The Morgan fingerprint density at radius 2 is 2.10 bits per heavy atom. The quantitative estimate of drug-likeness (QED) is 0.899. The Kier molecular flexibility index (Phi) is 4.13. The Bertz CT molecular complexity index is 465. The second-order valence-corrected chi connectivity index (χ2v) is 7.65. The monoisotopic (exact) mass is 292 g/mol. The molecular weight excluding hydrogens is 268 g/mol. The lowest BCUT2D eigenvalue weighted by Gasteiger charge is -2.34. The Labute approximate surface area is 125 Å². The normalized spacial score (nSPS) is 21.2. The molecule has 1 saturated heterocycles. The molecule has 2 N–H and O–H groups in total. The number of hydrogen-bond acceptors (Lipinski definition) is 3. The van der Waals surface area contributed by atoms with Crippen LogP contribution in [-0.4, -0.2) is 25.5 Å². The number of rotatable bonds is 3. The molecule has 3 nitrogen and oxygen atoms in total. The first kappa shape index (κ1) is 14.1. The van der Waals surface area contributed by atoms with E-state index in [0.717, 1.165) is 50.2 Å². The third-order valence-corrected chi connectivity index (χ3v) is 5.94. The van der Waals surface area contributed by atoms with Crippen molar-refractivity contribution in [3.05, 3.63) is 21.4 Å². The van der Waals surface area contributed by atoms with Crippen LogP contribution in [0.2, 0.25) is 0 Å². The van der Waals surface area contributed by atoms with Gasteiger partial charge in [-0.25, -0.2) is 0 Å². The molecule has 110 valence electrons. The van der Waals surface area contributed by atoms with Gasteiger partial charge in [-0.15, -0.1) is 11.3 Å². The highest BCUT2D eigenvalue weighted by Crippen LogP contribution is 2.30. The standard InChI is InChI=1S/C16H24N2OS/c1-16(6-8-17-9-7-16)11-18-15(19)14-10-12-4-2-3-5-13(12)20-14/h10,17H,2-9,11H2,1H3,(H,18,19). The largest absolute Gasteiger partial charge is 0.351 e. The third kappa shape index (κ3) is 3.07. The molecule has 1 aromatic rings. The number of fused-ring (bicyclic) bond motifs is 1. The van der Waals surface area contributed by atoms with E-state index in [1.54, 1.807) is 11.3 Å². The predicted molar refractivity (Wildman–Crippen MR) is 83.5 cm³/mol. The first-order chi connectivity index (χ1) is 9.66. The third-order valence-electron chi connectivity index (χ3n) is 4.71. The molecule has 0 atom stereocenters. The van der Waals surface area contributed by atoms with Gasteiger partial charge in [-0.2, -0.15) is 0 Å². The maximum atomic E-state index is 12.3. The van der Waals surface area contributed by atoms with Crippen molar-refractivity contribution in [2.45, 2.75) is 45.4 Å². The first-order valence-corrected chi connectivity index (χ1v) is 8.58. The van der Waals surface area contributed by atoms with E-state index >= 15 is 0 Å². The fourth-order valence-electron chi connectivity index (χ4n) is 3.19. The average Bonchev–Trinajstić information content (AvgIpc) is 2.89. The van der Waals surface area contributed by atoms with Gasteiger partial charge >= 0.3 is 0 Å². The lowest BCUT2D eigenvalue weighted by atomic mass is 9.81. The summed E-state index contributed by atoms with van der Waals surface area (Å²) in [7, 11) is 0. The first-order valence-electron chi connectivity index (χ1n) is 7.77. The molecule has 4 heteroatoms. The van der Waals surface area contributed by atoms with E-state index in [1.165, 1.54) is 23.3 Å². The lowest BCUT2D eigenvalue weighted by molar-refractivity contribution is 0.0926. The molecule has 2 aliphatic rings. The number of hydrogen-bond donors (Lipinski definition) is 2. The summed E-state index contributed by atoms with van der Waals surface area (Å²) in [4.78, 5) is 14.7. The van der Waals surface area contributed by atoms with E-state index in [0.29, 0.717) is 0 Å². The van der Waals surface area contributed by atoms with Gasteiger partial charge in [0.15, 0.2) is 0 Å². The van der Waals surface area contributed by atoms with Gasteiger partial charge < -0.3 is 10.6 Å². The van der Waals surface area contributed by atoms with Crippen molar-refractivity contribution in [3.8, 4) is 0 Å². The summed E-state index contributed by atoms with van der Waals surface area (Å²) in [6.07, 6.45) is 7.16. The zero-order valence-corrected chi connectivity index (χ0v) is 13.1. The fourth-order valence-corrected chi connectivity index (χ4v) is 4.36. The van der Waals surface area contributed by atoms with Gasteiger partial charge in [0.1, 0.15) is 0 Å². The minimum Gasteiger partial charge on any atom is -0.351 e. The van der Waals surface area contributed by atoms with Crippen molar-refractivity contribution >= 4 is 17.2 Å². The zero-order valence-electron chi connectivity index (χ0n) is 12.3. The summed E-state index contributed by atoms with van der Waals surface area (Å²) in [5.41, 5.74) is 1.68. The Morgan fingerprint density at radius 3 is 2.85 bits per heavy atom. The summed E-state index contributed by atoms with van der Waals surface area (Å²) in [5, 5.41) is 6.54. The van der Waals surface area contributed by atoms with Crippen molar-refractivity contribution in [2.24, 2.45) is 5.41 Å². The van der Waals surface area contributed by atoms with Crippen LogP contribution in [0.5, 0.6) is 0 Å². The van der Waals surface area contributed by atoms with Crippen LogP contribution in [0.4, 0.5) is 0 Å². The Morgan fingerprint density at radius 1 is 1.35 bits per heavy atom. The highest BCUT2D eigenvalue weighted by atomic mass is 32.1. The van der Waals surface area contributed by atoms with E-state index in [2.05, 4.69) is 23.6 Å². The van der Waals surface area contributed by atoms with Gasteiger partial charge in [0, 0.05) is 11.4 Å². The molecule has 1 fully saturated rings. The van der Waals surface area contributed by atoms with Gasteiger partial charge in [-0.1, -0.05) is 6.92 Å². The predicted octanol–water partition coefficient (Wildman–Crippen LogP) is 2.75. The number of aryl methyl sites for hydroxylation is 2. The summed E-state index contributed by atoms with van der Waals surface area (Å²) in [6.45, 7) is 5.23. The van der Waals surface area contributed by atoms with E-state index in [4.69, 9.17) is 0 Å². The van der Waals surface area contributed by atoms with E-state index in [9.17, 15) is 4.79 Å². The van der Waals surface area contributed by atoms with E-state index < -0.39 is 0 Å². The number of amides is 1. The molecule has 0 saturated carbocycles. The minimum absolute atomic E-state index is 0.129. The second kappa shape index (κ2) is 5.86. The van der Waals surface area contributed by atoms with Crippen molar-refractivity contribution in [1.29, 1.82) is 0 Å². The smallest absolute Gasteiger partial charge is 0.261 e. The zero-order chi connectivity index (χ0) is 14.0. The van der Waals surface area contributed by atoms with Gasteiger partial charge in [0.25, 0.3) is 5.91 Å². The molecule has 1 aliphatic carbocycles. The molecule has 0 aromatic carbocycles. The van der Waals surface area contributed by atoms with Crippen molar-refractivity contribution in [1.82, 2.24) is 10.6 Å². The lowest BCUT2D eigenvalue weighted by Crippen LogP contribution is -2.42. The highest BCUT2D eigenvalue weighted by Gasteiger charge is 2.27. The maximum absolute atomic E-state index is 12.3. The van der Waals surface area contributed by atoms with Crippen molar-refractivity contribution in [2.75, 3.05) is 19.6 Å². The number of thiophene rings is 1. The minimum atomic E-state index is 0.129. The molecule has 0 radical (unpaired) electrons. The van der Waals surface area contributed by atoms with Gasteiger partial charge in [0.2, 0.25) is 0 Å². The number of carbonyl (C=O) groups is 1. The molecule has 1 aliphatic heterocycles. The molecular formula is C16H24N2OS. The molecule has 2 heterocycles. The molecule has 3 rings (SSSR count). The highest BCUT2D eigenvalue weighted by molar-refractivity contribution is 7.14. The van der Waals surface area contributed by atoms with Crippen LogP contribution >= 0.6 is 11.3 Å². The molecule has 0 unspecified atom stereocenters. The van der Waals surface area contributed by atoms with Crippen LogP contribution in [0.3, 0.4) is 0 Å². The van der Waals surface area contributed by atoms with Crippen molar-refractivity contribution < 1.29 is 4.79 Å². The van der Waals surface area contributed by atoms with Gasteiger partial charge in [-0.05, 0) is 68.7 Å². The van der Waals surface area contributed by atoms with Gasteiger partial charge in [0.05, 0.1) is 4.88 Å². The van der Waals surface area contributed by atoms with Crippen LogP contribution in [0.1, 0.15) is 52.7 Å². The molecule has 0 bridgehead atoms. The Hall–Kier alpha value is -0.870. The van der Waals surface area contributed by atoms with Crippen LogP contribution in [-0.2, 0) is 12.8 Å². The maximum Gasteiger partial charge on any atom is 0.261 e. The summed E-state index contributed by atoms with van der Waals surface area (Å²) >= 11 is 1.70. The molecule has 20 heavy (non-hydrogen) atoms. The topological polar surface area (TPSA) is 41.1 Å². The molecule has 1 aromatic heterocycles. The summed E-state index contributed by atoms with van der Waals surface area (Å²) < 4.78 is 0. The van der Waals surface area contributed by atoms with E-state index in [-0.39, 0.29) is 11.3 Å². The van der Waals surface area contributed by atoms with Crippen LogP contribution < -0.4 is 10.6 Å². The Balaban J connectivity index is 1.60. The van der Waals surface area contributed by atoms with E-state index in [1.807, 2.05) is 0 Å². The fraction of sp³-hybridized carbons (Fsp3) is 0.688. The summed E-state index contributed by atoms with van der Waals surface area (Å²) in [6, 6.07) is 2.12. The van der Waals surface area contributed by atoms with Crippen molar-refractivity contribution in [3.63, 3.8) is 0 Å². The van der Waals surface area contributed by atoms with Gasteiger partial charge in [-0.3, -0.25) is 4.79 Å². The van der Waals surface area contributed by atoms with Crippen LogP contribution in [0, 0.1) is 5.41 Å². The number of piperidine rings is 1. The summed E-state index contributed by atoms with van der Waals surface area (Å²) in [5.74, 6) is 0.129. The van der Waals surface area contributed by atoms with Crippen LogP contribution in [0.25, 0.3) is 0 Å².